The van der Waals surface area contributed by atoms with Crippen molar-refractivity contribution in [3.63, 3.8) is 0 Å². The van der Waals surface area contributed by atoms with Gasteiger partial charge in [0.25, 0.3) is 0 Å². The Balaban J connectivity index is 1.62. The van der Waals surface area contributed by atoms with Crippen LogP contribution in [-0.4, -0.2) is 19.9 Å². The lowest BCUT2D eigenvalue weighted by Crippen LogP contribution is -2.32. The molecule has 1 aliphatic carbocycles. The summed E-state index contributed by atoms with van der Waals surface area (Å²) in [6.07, 6.45) is 1.97. The molecule has 3 aromatic rings. The van der Waals surface area contributed by atoms with E-state index >= 15 is 0 Å². The van der Waals surface area contributed by atoms with E-state index in [-0.39, 0.29) is 10.3 Å². The molecule has 1 aromatic heterocycles. The number of rotatable bonds is 5. The molecule has 2 N–H and O–H groups in total. The summed E-state index contributed by atoms with van der Waals surface area (Å²) >= 11 is 5.84. The SMILES string of the molecule is Cc1[nH]c2ccccc2c1C1(CNS(=O)(=O)c2ccc(Cl)cc2)CC1. The zero-order chi connectivity index (χ0) is 17.7. The second kappa shape index (κ2) is 5.87. The first kappa shape index (κ1) is 16.6. The minimum absolute atomic E-state index is 0.122. The van der Waals surface area contributed by atoms with Crippen molar-refractivity contribution < 1.29 is 8.42 Å². The lowest BCUT2D eigenvalue weighted by Gasteiger charge is -2.17. The topological polar surface area (TPSA) is 62.0 Å². The largest absolute Gasteiger partial charge is 0.358 e. The van der Waals surface area contributed by atoms with Gasteiger partial charge in [0.1, 0.15) is 0 Å². The van der Waals surface area contributed by atoms with E-state index in [4.69, 9.17) is 11.6 Å². The number of hydrogen-bond donors (Lipinski definition) is 2. The molecule has 0 unspecified atom stereocenters. The molecule has 2 aromatic carbocycles. The highest BCUT2D eigenvalue weighted by atomic mass is 35.5. The van der Waals surface area contributed by atoms with Gasteiger partial charge in [-0.25, -0.2) is 13.1 Å². The molecule has 0 bridgehead atoms. The van der Waals surface area contributed by atoms with Crippen molar-refractivity contribution in [2.45, 2.75) is 30.1 Å². The van der Waals surface area contributed by atoms with Crippen LogP contribution in [0.5, 0.6) is 0 Å². The number of hydrogen-bond acceptors (Lipinski definition) is 2. The van der Waals surface area contributed by atoms with Gasteiger partial charge in [-0.3, -0.25) is 0 Å². The molecule has 0 aliphatic heterocycles. The molecule has 0 spiro atoms. The van der Waals surface area contributed by atoms with Gasteiger partial charge in [-0.1, -0.05) is 29.8 Å². The maximum absolute atomic E-state index is 12.6. The monoisotopic (exact) mass is 374 g/mol. The third-order valence-electron chi connectivity index (χ3n) is 5.00. The normalized spacial score (nSPS) is 16.2. The van der Waals surface area contributed by atoms with Crippen LogP contribution in [0, 0.1) is 6.92 Å². The van der Waals surface area contributed by atoms with Gasteiger partial charge in [0.15, 0.2) is 0 Å². The summed E-state index contributed by atoms with van der Waals surface area (Å²) in [5, 5.41) is 1.70. The fourth-order valence-corrected chi connectivity index (χ4v) is 4.81. The predicted octanol–water partition coefficient (Wildman–Crippen LogP) is 4.14. The maximum atomic E-state index is 12.6. The number of para-hydroxylation sites is 1. The Labute approximate surface area is 152 Å². The molecule has 1 heterocycles. The Kier molecular flexibility index (Phi) is 3.90. The van der Waals surface area contributed by atoms with Crippen LogP contribution in [0.4, 0.5) is 0 Å². The molecule has 0 atom stereocenters. The number of aromatic nitrogens is 1. The lowest BCUT2D eigenvalue weighted by molar-refractivity contribution is 0.567. The number of benzene rings is 2. The van der Waals surface area contributed by atoms with Crippen molar-refractivity contribution >= 4 is 32.5 Å². The zero-order valence-electron chi connectivity index (χ0n) is 13.8. The van der Waals surface area contributed by atoms with Crippen LogP contribution >= 0.6 is 11.6 Å². The van der Waals surface area contributed by atoms with Crippen molar-refractivity contribution in [2.75, 3.05) is 6.54 Å². The quantitative estimate of drug-likeness (QED) is 0.705. The van der Waals surface area contributed by atoms with Gasteiger partial charge in [-0.05, 0) is 55.7 Å². The third-order valence-corrected chi connectivity index (χ3v) is 6.67. The van der Waals surface area contributed by atoms with E-state index in [9.17, 15) is 8.42 Å². The molecule has 1 fully saturated rings. The minimum atomic E-state index is -3.55. The molecular weight excluding hydrogens is 356 g/mol. The predicted molar refractivity (Wildman–Crippen MR) is 101 cm³/mol. The van der Waals surface area contributed by atoms with E-state index in [0.717, 1.165) is 24.1 Å². The fraction of sp³-hybridized carbons (Fsp3) is 0.263. The first-order chi connectivity index (χ1) is 11.9. The van der Waals surface area contributed by atoms with E-state index < -0.39 is 10.0 Å². The van der Waals surface area contributed by atoms with Gasteiger partial charge in [0.2, 0.25) is 10.0 Å². The summed E-state index contributed by atoms with van der Waals surface area (Å²) < 4.78 is 27.9. The Morgan fingerprint density at radius 1 is 1.12 bits per heavy atom. The Bertz CT molecular complexity index is 1030. The van der Waals surface area contributed by atoms with Crippen molar-refractivity contribution in [3.05, 3.63) is 64.8 Å². The van der Waals surface area contributed by atoms with Crippen LogP contribution in [0.2, 0.25) is 5.02 Å². The van der Waals surface area contributed by atoms with E-state index in [1.165, 1.54) is 23.1 Å². The molecule has 1 aliphatic rings. The summed E-state index contributed by atoms with van der Waals surface area (Å²) in [5.74, 6) is 0. The number of aromatic amines is 1. The maximum Gasteiger partial charge on any atom is 0.240 e. The number of halogens is 1. The average Bonchev–Trinajstić information content (AvgIpc) is 3.29. The highest BCUT2D eigenvalue weighted by Crippen LogP contribution is 2.51. The zero-order valence-corrected chi connectivity index (χ0v) is 15.4. The Morgan fingerprint density at radius 2 is 1.80 bits per heavy atom. The van der Waals surface area contributed by atoms with Crippen molar-refractivity contribution in [1.29, 1.82) is 0 Å². The summed E-state index contributed by atoms with van der Waals surface area (Å²) in [5.41, 5.74) is 3.33. The highest BCUT2D eigenvalue weighted by Gasteiger charge is 2.47. The van der Waals surface area contributed by atoms with Gasteiger partial charge in [0, 0.05) is 33.6 Å². The number of nitrogens with one attached hydrogen (secondary N) is 2. The molecule has 0 amide bonds. The van der Waals surface area contributed by atoms with E-state index in [1.54, 1.807) is 12.1 Å². The van der Waals surface area contributed by atoms with Crippen molar-refractivity contribution in [2.24, 2.45) is 0 Å². The number of H-pyrrole nitrogens is 1. The molecule has 6 heteroatoms. The summed E-state index contributed by atoms with van der Waals surface area (Å²) in [6, 6.07) is 14.4. The van der Waals surface area contributed by atoms with Crippen LogP contribution in [-0.2, 0) is 15.4 Å². The van der Waals surface area contributed by atoms with Crippen LogP contribution < -0.4 is 4.72 Å². The Morgan fingerprint density at radius 3 is 2.48 bits per heavy atom. The summed E-state index contributed by atoms with van der Waals surface area (Å²) in [6.45, 7) is 2.46. The second-order valence-electron chi connectivity index (χ2n) is 6.73. The van der Waals surface area contributed by atoms with E-state index in [1.807, 2.05) is 12.1 Å². The Hall–Kier alpha value is -1.82. The molecule has 4 rings (SSSR count). The van der Waals surface area contributed by atoms with Crippen LogP contribution in [0.3, 0.4) is 0 Å². The first-order valence-corrected chi connectivity index (χ1v) is 10.1. The van der Waals surface area contributed by atoms with Gasteiger partial charge < -0.3 is 4.98 Å². The second-order valence-corrected chi connectivity index (χ2v) is 8.93. The van der Waals surface area contributed by atoms with Crippen LogP contribution in [0.15, 0.2) is 53.4 Å². The summed E-state index contributed by atoms with van der Waals surface area (Å²) in [4.78, 5) is 3.66. The fourth-order valence-electron chi connectivity index (χ4n) is 3.56. The number of sulfonamides is 1. The molecule has 25 heavy (non-hydrogen) atoms. The van der Waals surface area contributed by atoms with Crippen molar-refractivity contribution in [1.82, 2.24) is 9.71 Å². The number of aryl methyl sites for hydroxylation is 1. The lowest BCUT2D eigenvalue weighted by atomic mass is 9.93. The van der Waals surface area contributed by atoms with Crippen molar-refractivity contribution in [3.8, 4) is 0 Å². The molecule has 130 valence electrons. The molecule has 0 radical (unpaired) electrons. The average molecular weight is 375 g/mol. The number of fused-ring (bicyclic) bond motifs is 1. The van der Waals surface area contributed by atoms with Gasteiger partial charge in [0.05, 0.1) is 4.90 Å². The highest BCUT2D eigenvalue weighted by molar-refractivity contribution is 7.89. The van der Waals surface area contributed by atoms with Gasteiger partial charge in [-0.15, -0.1) is 0 Å². The smallest absolute Gasteiger partial charge is 0.240 e. The summed E-state index contributed by atoms with van der Waals surface area (Å²) in [7, 11) is -3.55. The third kappa shape index (κ3) is 2.97. The minimum Gasteiger partial charge on any atom is -0.358 e. The van der Waals surface area contributed by atoms with Crippen LogP contribution in [0.1, 0.15) is 24.1 Å². The molecule has 0 saturated heterocycles. The standard InChI is InChI=1S/C19H19ClN2O2S/c1-13-18(16-4-2-3-5-17(16)22-13)19(10-11-19)12-21-25(23,24)15-8-6-14(20)7-9-15/h2-9,21-22H,10-12H2,1H3. The van der Waals surface area contributed by atoms with E-state index in [0.29, 0.717) is 11.6 Å². The molecular formula is C19H19ClN2O2S. The van der Waals surface area contributed by atoms with E-state index in [2.05, 4.69) is 28.8 Å². The van der Waals surface area contributed by atoms with Crippen LogP contribution in [0.25, 0.3) is 10.9 Å². The molecule has 4 nitrogen and oxygen atoms in total. The van der Waals surface area contributed by atoms with Gasteiger partial charge >= 0.3 is 0 Å². The van der Waals surface area contributed by atoms with Gasteiger partial charge in [-0.2, -0.15) is 0 Å². The molecule has 1 saturated carbocycles. The first-order valence-electron chi connectivity index (χ1n) is 8.24.